The molecule has 0 bridgehead atoms. The van der Waals surface area contributed by atoms with Crippen molar-refractivity contribution in [1.29, 1.82) is 0 Å². The third kappa shape index (κ3) is 8.61. The first-order valence-corrected chi connectivity index (χ1v) is 22.2. The van der Waals surface area contributed by atoms with Crippen molar-refractivity contribution in [2.45, 2.75) is 156 Å². The third-order valence-corrected chi connectivity index (χ3v) is 31.2. The summed E-state index contributed by atoms with van der Waals surface area (Å²) in [5, 5.41) is 0. The van der Waals surface area contributed by atoms with E-state index in [2.05, 4.69) is 96.9 Å². The maximum absolute atomic E-state index is 7.53. The molecule has 0 amide bonds. The molecule has 0 aliphatic carbocycles. The SMILES string of the molecule is CCCC[O][Zr]([O]CCCC)([O][Si](C(C)C)(C(C)C)C(C)C)[O][Si](C(C)C)(C(C)C)C(C)C. The van der Waals surface area contributed by atoms with E-state index in [0.717, 1.165) is 25.7 Å². The summed E-state index contributed by atoms with van der Waals surface area (Å²) in [6, 6.07) is 0. The molecule has 0 spiro atoms. The summed E-state index contributed by atoms with van der Waals surface area (Å²) in [6.07, 6.45) is 4.22. The number of hydrogen-bond donors (Lipinski definition) is 0. The topological polar surface area (TPSA) is 36.9 Å². The summed E-state index contributed by atoms with van der Waals surface area (Å²) in [5.74, 6) is 0. The molecule has 0 saturated heterocycles. The Balaban J connectivity index is 6.86. The minimum atomic E-state index is -4.41. The number of hydrogen-bond acceptors (Lipinski definition) is 4. The fourth-order valence-corrected chi connectivity index (χ4v) is 38.3. The molecule has 0 aliphatic heterocycles. The first-order valence-electron chi connectivity index (χ1n) is 13.9. The number of rotatable bonds is 18. The Morgan fingerprint density at radius 1 is 0.485 bits per heavy atom. The molecule has 0 fully saturated rings. The molecule has 0 aromatic heterocycles. The van der Waals surface area contributed by atoms with Gasteiger partial charge in [0.2, 0.25) is 0 Å². The summed E-state index contributed by atoms with van der Waals surface area (Å²) in [4.78, 5) is 0. The van der Waals surface area contributed by atoms with E-state index in [1.165, 1.54) is 0 Å². The molecular formula is C26H60O4Si2Zr. The Morgan fingerprint density at radius 2 is 0.727 bits per heavy atom. The fourth-order valence-electron chi connectivity index (χ4n) is 6.00. The van der Waals surface area contributed by atoms with Crippen molar-refractivity contribution in [3.05, 3.63) is 0 Å². The molecule has 7 heteroatoms. The normalized spacial score (nSPS) is 14.2. The molecule has 0 atom stereocenters. The van der Waals surface area contributed by atoms with Crippen molar-refractivity contribution in [3.8, 4) is 0 Å². The summed E-state index contributed by atoms with van der Waals surface area (Å²) >= 11 is -4.41. The van der Waals surface area contributed by atoms with Crippen molar-refractivity contribution < 1.29 is 32.7 Å². The second-order valence-electron chi connectivity index (χ2n) is 11.7. The van der Waals surface area contributed by atoms with Gasteiger partial charge in [-0.1, -0.05) is 0 Å². The first-order chi connectivity index (χ1) is 15.2. The Morgan fingerprint density at radius 3 is 0.909 bits per heavy atom. The van der Waals surface area contributed by atoms with Gasteiger partial charge in [-0.05, 0) is 0 Å². The molecule has 33 heavy (non-hydrogen) atoms. The van der Waals surface area contributed by atoms with Crippen LogP contribution in [0.4, 0.5) is 0 Å². The van der Waals surface area contributed by atoms with E-state index in [0.29, 0.717) is 46.5 Å². The fraction of sp³-hybridized carbons (Fsp3) is 1.00. The van der Waals surface area contributed by atoms with E-state index in [1.807, 2.05) is 0 Å². The van der Waals surface area contributed by atoms with E-state index in [9.17, 15) is 0 Å². The van der Waals surface area contributed by atoms with Crippen molar-refractivity contribution >= 4 is 16.6 Å². The van der Waals surface area contributed by atoms with Gasteiger partial charge in [-0.2, -0.15) is 0 Å². The molecule has 0 aromatic rings. The molecule has 0 rings (SSSR count). The van der Waals surface area contributed by atoms with Crippen LogP contribution in [0, 0.1) is 0 Å². The van der Waals surface area contributed by atoms with Gasteiger partial charge in [0.15, 0.2) is 0 Å². The summed E-state index contributed by atoms with van der Waals surface area (Å²) in [7, 11) is -4.49. The zero-order valence-corrected chi connectivity index (χ0v) is 29.3. The molecule has 0 aliphatic rings. The van der Waals surface area contributed by atoms with Gasteiger partial charge in [-0.25, -0.2) is 0 Å². The third-order valence-electron chi connectivity index (χ3n) is 7.57. The van der Waals surface area contributed by atoms with Crippen LogP contribution in [0.5, 0.6) is 0 Å². The molecule has 0 heterocycles. The van der Waals surface area contributed by atoms with Crippen LogP contribution in [0.2, 0.25) is 33.2 Å². The average molecular weight is 584 g/mol. The van der Waals surface area contributed by atoms with Gasteiger partial charge in [-0.3, -0.25) is 0 Å². The molecule has 4 nitrogen and oxygen atoms in total. The van der Waals surface area contributed by atoms with Crippen LogP contribution in [0.15, 0.2) is 0 Å². The monoisotopic (exact) mass is 582 g/mol. The van der Waals surface area contributed by atoms with E-state index in [4.69, 9.17) is 10.6 Å². The Labute approximate surface area is 217 Å². The van der Waals surface area contributed by atoms with Gasteiger partial charge < -0.3 is 0 Å². The van der Waals surface area contributed by atoms with Crippen molar-refractivity contribution in [1.82, 2.24) is 0 Å². The van der Waals surface area contributed by atoms with Crippen molar-refractivity contribution in [3.63, 3.8) is 0 Å². The molecule has 0 N–H and O–H groups in total. The Hall–Kier alpha value is 1.16. The first kappa shape index (κ1) is 34.2. The zero-order chi connectivity index (χ0) is 26.0. The predicted molar refractivity (Wildman–Crippen MR) is 146 cm³/mol. The van der Waals surface area contributed by atoms with Crippen LogP contribution in [0.25, 0.3) is 0 Å². The van der Waals surface area contributed by atoms with Crippen LogP contribution in [0.3, 0.4) is 0 Å². The predicted octanol–water partition coefficient (Wildman–Crippen LogP) is 9.82. The van der Waals surface area contributed by atoms with E-state index >= 15 is 0 Å². The van der Waals surface area contributed by atoms with Gasteiger partial charge in [0.1, 0.15) is 0 Å². The molecular weight excluding hydrogens is 524 g/mol. The van der Waals surface area contributed by atoms with Gasteiger partial charge in [-0.15, -0.1) is 0 Å². The Kier molecular flexibility index (Phi) is 16.0. The molecule has 0 unspecified atom stereocenters. The average Bonchev–Trinajstić information content (AvgIpc) is 2.69. The molecule has 200 valence electrons. The van der Waals surface area contributed by atoms with Crippen LogP contribution < -0.4 is 0 Å². The zero-order valence-electron chi connectivity index (χ0n) is 24.8. The number of unbranched alkanes of at least 4 members (excludes halogenated alkanes) is 2. The maximum atomic E-state index is 7.53. The molecule has 0 radical (unpaired) electrons. The summed E-state index contributed by atoms with van der Waals surface area (Å²) in [5.41, 5.74) is 2.81. The van der Waals surface area contributed by atoms with Crippen LogP contribution >= 0.6 is 0 Å². The second kappa shape index (κ2) is 15.4. The van der Waals surface area contributed by atoms with Gasteiger partial charge in [0, 0.05) is 0 Å². The van der Waals surface area contributed by atoms with Crippen molar-refractivity contribution in [2.24, 2.45) is 0 Å². The Bertz CT molecular complexity index is 435. The minimum absolute atomic E-state index is 0.468. The van der Waals surface area contributed by atoms with Crippen LogP contribution in [-0.4, -0.2) is 29.8 Å². The van der Waals surface area contributed by atoms with E-state index in [1.54, 1.807) is 0 Å². The van der Waals surface area contributed by atoms with Crippen molar-refractivity contribution in [2.75, 3.05) is 13.2 Å². The second-order valence-corrected chi connectivity index (χ2v) is 29.4. The van der Waals surface area contributed by atoms with Crippen LogP contribution in [0.1, 0.15) is 123 Å². The van der Waals surface area contributed by atoms with E-state index in [-0.39, 0.29) is 0 Å². The van der Waals surface area contributed by atoms with Gasteiger partial charge >= 0.3 is 218 Å². The van der Waals surface area contributed by atoms with E-state index < -0.39 is 38.7 Å². The van der Waals surface area contributed by atoms with Crippen LogP contribution in [-0.2, 0) is 32.7 Å². The molecule has 0 aromatic carbocycles. The molecule has 0 saturated carbocycles. The van der Waals surface area contributed by atoms with Gasteiger partial charge in [0.05, 0.1) is 0 Å². The van der Waals surface area contributed by atoms with Gasteiger partial charge in [0.25, 0.3) is 0 Å². The quantitative estimate of drug-likeness (QED) is 0.119. The standard InChI is InChI=1S/2C9H21OSi.2C4H9O.Zr/c2*1-7(2)11(10,8(3)4)9(5)6;2*1-2-3-4-5;/h2*7-9H,1-6H3;2*2-4H2,1H3;/q4*-1;+4. The summed E-state index contributed by atoms with van der Waals surface area (Å²) < 4.78 is 28.7. The summed E-state index contributed by atoms with van der Waals surface area (Å²) in [6.45, 7) is 33.9.